The number of amides is 2. The van der Waals surface area contributed by atoms with Crippen LogP contribution in [-0.4, -0.2) is 30.6 Å². The van der Waals surface area contributed by atoms with Crippen molar-refractivity contribution in [3.8, 4) is 5.75 Å². The minimum absolute atomic E-state index is 0.224. The van der Waals surface area contributed by atoms with Crippen LogP contribution in [0.4, 0.5) is 19.3 Å². The highest BCUT2D eigenvalue weighted by Crippen LogP contribution is 2.33. The van der Waals surface area contributed by atoms with Gasteiger partial charge in [0.05, 0.1) is 6.61 Å². The van der Waals surface area contributed by atoms with Crippen LogP contribution < -0.4 is 10.1 Å². The minimum atomic E-state index is -0.775. The molecule has 2 aliphatic rings. The first kappa shape index (κ1) is 15.9. The monoisotopic (exact) mass is 344 g/mol. The molecule has 1 fully saturated rings. The summed E-state index contributed by atoms with van der Waals surface area (Å²) in [6, 6.07) is 9.20. The van der Waals surface area contributed by atoms with E-state index in [1.165, 1.54) is 17.2 Å². The van der Waals surface area contributed by atoms with Gasteiger partial charge in [-0.05, 0) is 35.7 Å². The standard InChI is InChI=1S/C19H18F2N2O2/c20-15-2-1-3-16(21)18(15)22-19(24)23-8-6-14(11-23)12-4-5-17-13(10-12)7-9-25-17/h1-5,10,14H,6-9,11H2,(H,22,24)/t14-/m0/s1. The number of urea groups is 1. The minimum Gasteiger partial charge on any atom is -0.493 e. The summed E-state index contributed by atoms with van der Waals surface area (Å²) in [6.07, 6.45) is 1.74. The summed E-state index contributed by atoms with van der Waals surface area (Å²) < 4.78 is 32.9. The second-order valence-electron chi connectivity index (χ2n) is 6.42. The molecular weight excluding hydrogens is 326 g/mol. The molecule has 1 N–H and O–H groups in total. The second kappa shape index (κ2) is 6.35. The number of rotatable bonds is 2. The van der Waals surface area contributed by atoms with Crippen LogP contribution in [0.3, 0.4) is 0 Å². The van der Waals surface area contributed by atoms with E-state index in [4.69, 9.17) is 4.74 Å². The van der Waals surface area contributed by atoms with E-state index in [1.807, 2.05) is 12.1 Å². The predicted molar refractivity (Wildman–Crippen MR) is 89.9 cm³/mol. The van der Waals surface area contributed by atoms with Crippen molar-refractivity contribution in [2.24, 2.45) is 0 Å². The molecule has 2 heterocycles. The third kappa shape index (κ3) is 3.04. The Hall–Kier alpha value is -2.63. The van der Waals surface area contributed by atoms with Crippen LogP contribution in [0.15, 0.2) is 36.4 Å². The molecule has 2 amide bonds. The zero-order chi connectivity index (χ0) is 17.4. The molecular formula is C19H18F2N2O2. The highest BCUT2D eigenvalue weighted by molar-refractivity contribution is 5.89. The number of hydrogen-bond donors (Lipinski definition) is 1. The number of halogens is 2. The second-order valence-corrected chi connectivity index (χ2v) is 6.42. The molecule has 25 heavy (non-hydrogen) atoms. The number of nitrogens with one attached hydrogen (secondary N) is 1. The third-order valence-corrected chi connectivity index (χ3v) is 4.86. The lowest BCUT2D eigenvalue weighted by Gasteiger charge is -2.18. The summed E-state index contributed by atoms with van der Waals surface area (Å²) >= 11 is 0. The first-order chi connectivity index (χ1) is 12.1. The number of ether oxygens (including phenoxy) is 1. The Kier molecular flexibility index (Phi) is 4.03. The van der Waals surface area contributed by atoms with Gasteiger partial charge in [0, 0.05) is 25.4 Å². The average molecular weight is 344 g/mol. The lowest BCUT2D eigenvalue weighted by Crippen LogP contribution is -2.33. The van der Waals surface area contributed by atoms with Gasteiger partial charge < -0.3 is 15.0 Å². The first-order valence-electron chi connectivity index (χ1n) is 8.37. The number of carbonyl (C=O) groups excluding carboxylic acids is 1. The topological polar surface area (TPSA) is 41.6 Å². The van der Waals surface area contributed by atoms with Crippen molar-refractivity contribution < 1.29 is 18.3 Å². The SMILES string of the molecule is O=C(Nc1c(F)cccc1F)N1CC[C@H](c2ccc3c(c2)CCO3)C1. The zero-order valence-corrected chi connectivity index (χ0v) is 13.6. The molecule has 0 spiro atoms. The summed E-state index contributed by atoms with van der Waals surface area (Å²) in [5, 5.41) is 2.35. The smallest absolute Gasteiger partial charge is 0.322 e. The Morgan fingerprint density at radius 1 is 1.20 bits per heavy atom. The number of benzene rings is 2. The quantitative estimate of drug-likeness (QED) is 0.897. The van der Waals surface area contributed by atoms with E-state index < -0.39 is 23.4 Å². The highest BCUT2D eigenvalue weighted by Gasteiger charge is 2.29. The van der Waals surface area contributed by atoms with E-state index in [-0.39, 0.29) is 5.92 Å². The highest BCUT2D eigenvalue weighted by atomic mass is 19.1. The van der Waals surface area contributed by atoms with Gasteiger partial charge in [0.2, 0.25) is 0 Å². The largest absolute Gasteiger partial charge is 0.493 e. The van der Waals surface area contributed by atoms with E-state index in [0.29, 0.717) is 19.7 Å². The number of fused-ring (bicyclic) bond motifs is 1. The van der Waals surface area contributed by atoms with E-state index in [0.717, 1.165) is 30.7 Å². The van der Waals surface area contributed by atoms with Gasteiger partial charge in [-0.25, -0.2) is 13.6 Å². The van der Waals surface area contributed by atoms with Crippen LogP contribution in [0.25, 0.3) is 0 Å². The average Bonchev–Trinajstić information content (AvgIpc) is 3.26. The van der Waals surface area contributed by atoms with Gasteiger partial charge in [0.25, 0.3) is 0 Å². The van der Waals surface area contributed by atoms with E-state index in [9.17, 15) is 13.6 Å². The fourth-order valence-electron chi connectivity index (χ4n) is 3.48. The van der Waals surface area contributed by atoms with Crippen molar-refractivity contribution >= 4 is 11.7 Å². The predicted octanol–water partition coefficient (Wildman–Crippen LogP) is 3.92. The number of nitrogens with zero attached hydrogens (tertiary/aromatic N) is 1. The van der Waals surface area contributed by atoms with Crippen molar-refractivity contribution in [3.63, 3.8) is 0 Å². The van der Waals surface area contributed by atoms with Crippen LogP contribution in [0.5, 0.6) is 5.75 Å². The lowest BCUT2D eigenvalue weighted by molar-refractivity contribution is 0.221. The molecule has 0 unspecified atom stereocenters. The maximum Gasteiger partial charge on any atom is 0.322 e. The Labute approximate surface area is 144 Å². The molecule has 0 saturated carbocycles. The third-order valence-electron chi connectivity index (χ3n) is 4.86. The van der Waals surface area contributed by atoms with Gasteiger partial charge >= 0.3 is 6.03 Å². The van der Waals surface area contributed by atoms with Crippen molar-refractivity contribution in [2.75, 3.05) is 25.0 Å². The molecule has 1 atom stereocenters. The van der Waals surface area contributed by atoms with Gasteiger partial charge in [0.15, 0.2) is 0 Å². The summed E-state index contributed by atoms with van der Waals surface area (Å²) in [4.78, 5) is 13.9. The number of carbonyl (C=O) groups is 1. The molecule has 1 saturated heterocycles. The van der Waals surface area contributed by atoms with Crippen LogP contribution in [-0.2, 0) is 6.42 Å². The van der Waals surface area contributed by atoms with Gasteiger partial charge in [-0.3, -0.25) is 0 Å². The van der Waals surface area contributed by atoms with E-state index in [2.05, 4.69) is 11.4 Å². The first-order valence-corrected chi connectivity index (χ1v) is 8.37. The summed E-state index contributed by atoms with van der Waals surface area (Å²) in [5.41, 5.74) is 1.98. The zero-order valence-electron chi connectivity index (χ0n) is 13.6. The summed E-state index contributed by atoms with van der Waals surface area (Å²) in [6.45, 7) is 1.80. The van der Waals surface area contributed by atoms with Crippen molar-refractivity contribution in [3.05, 3.63) is 59.2 Å². The summed E-state index contributed by atoms with van der Waals surface area (Å²) in [7, 11) is 0. The van der Waals surface area contributed by atoms with Crippen molar-refractivity contribution in [1.82, 2.24) is 4.90 Å². The van der Waals surface area contributed by atoms with Gasteiger partial charge in [-0.1, -0.05) is 18.2 Å². The van der Waals surface area contributed by atoms with E-state index in [1.54, 1.807) is 4.90 Å². The molecule has 0 radical (unpaired) electrons. The molecule has 0 bridgehead atoms. The van der Waals surface area contributed by atoms with Crippen molar-refractivity contribution in [1.29, 1.82) is 0 Å². The Morgan fingerprint density at radius 3 is 2.80 bits per heavy atom. The van der Waals surface area contributed by atoms with Gasteiger partial charge in [0.1, 0.15) is 23.1 Å². The van der Waals surface area contributed by atoms with E-state index >= 15 is 0 Å². The van der Waals surface area contributed by atoms with Gasteiger partial charge in [-0.2, -0.15) is 0 Å². The normalized spacial score (nSPS) is 18.8. The Bertz CT molecular complexity index is 805. The maximum atomic E-state index is 13.7. The van der Waals surface area contributed by atoms with Crippen LogP contribution in [0.1, 0.15) is 23.5 Å². The molecule has 0 aliphatic carbocycles. The molecule has 4 rings (SSSR count). The Morgan fingerprint density at radius 2 is 2.00 bits per heavy atom. The van der Waals surface area contributed by atoms with Crippen molar-refractivity contribution in [2.45, 2.75) is 18.8 Å². The fraction of sp³-hybridized carbons (Fsp3) is 0.316. The lowest BCUT2D eigenvalue weighted by atomic mass is 9.96. The molecule has 2 aromatic rings. The van der Waals surface area contributed by atoms with Crippen LogP contribution in [0, 0.1) is 11.6 Å². The Balaban J connectivity index is 1.44. The number of para-hydroxylation sites is 1. The maximum absolute atomic E-state index is 13.7. The number of anilines is 1. The number of likely N-dealkylation sites (tertiary alicyclic amines) is 1. The molecule has 6 heteroatoms. The van der Waals surface area contributed by atoms with Crippen LogP contribution in [0.2, 0.25) is 0 Å². The summed E-state index contributed by atoms with van der Waals surface area (Å²) in [5.74, 6) is -0.390. The molecule has 0 aromatic heterocycles. The molecule has 2 aliphatic heterocycles. The van der Waals surface area contributed by atoms with Gasteiger partial charge in [-0.15, -0.1) is 0 Å². The van der Waals surface area contributed by atoms with Crippen LogP contribution >= 0.6 is 0 Å². The molecule has 130 valence electrons. The fourth-order valence-corrected chi connectivity index (χ4v) is 3.48. The molecule has 2 aromatic carbocycles. The number of hydrogen-bond acceptors (Lipinski definition) is 2. The molecule has 4 nitrogen and oxygen atoms in total.